The van der Waals surface area contributed by atoms with Crippen molar-refractivity contribution in [3.8, 4) is 9.75 Å². The Kier molecular flexibility index (Phi) is 8.26. The summed E-state index contributed by atoms with van der Waals surface area (Å²) in [5.41, 5.74) is 0. The van der Waals surface area contributed by atoms with Gasteiger partial charge in [0.05, 0.1) is 0 Å². The molecule has 3 heterocycles. The molecule has 0 N–H and O–H groups in total. The molecule has 0 spiro atoms. The standard InChI is InChI=1S/C26H42S2Si/c1-7-11-13-21(9-3)17-29(18-22(10-4)14-12-8-2)23-15-19(5)27-25(23)26-24(29)16-20(6)28-26/h15-16,21-22H,7-14,17-18H2,1-6H3. The monoisotopic (exact) mass is 446 g/mol. The number of rotatable bonds is 12. The quantitative estimate of drug-likeness (QED) is 0.287. The molecular formula is C26H42S2Si. The smallest absolute Gasteiger partial charge is 0.122 e. The van der Waals surface area contributed by atoms with E-state index in [9.17, 15) is 0 Å². The highest BCUT2D eigenvalue weighted by Crippen LogP contribution is 2.45. The number of fused-ring (bicyclic) bond motifs is 3. The minimum absolute atomic E-state index is 0.907. The minimum atomic E-state index is -1.68. The normalized spacial score (nSPS) is 16.6. The van der Waals surface area contributed by atoms with Gasteiger partial charge in [0.1, 0.15) is 8.07 Å². The van der Waals surface area contributed by atoms with Gasteiger partial charge in [-0.15, -0.1) is 22.7 Å². The van der Waals surface area contributed by atoms with E-state index in [1.165, 1.54) is 73.2 Å². The fraction of sp³-hybridized carbons (Fsp3) is 0.692. The molecule has 0 saturated heterocycles. The highest BCUT2D eigenvalue weighted by Gasteiger charge is 2.49. The maximum absolute atomic E-state index is 2.63. The Morgan fingerprint density at radius 1 is 0.724 bits per heavy atom. The zero-order chi connectivity index (χ0) is 21.0. The Morgan fingerprint density at radius 3 is 1.48 bits per heavy atom. The SMILES string of the molecule is CCCCC(CC)C[Si]1(CC(CC)CCCC)c2cc(C)sc2-c2sc(C)cc21. The van der Waals surface area contributed by atoms with E-state index in [-0.39, 0.29) is 0 Å². The first-order valence-corrected chi connectivity index (χ1v) is 16.3. The largest absolute Gasteiger partial charge is 0.140 e. The molecule has 0 radical (unpaired) electrons. The molecule has 2 atom stereocenters. The number of aryl methyl sites for hydroxylation is 2. The fourth-order valence-electron chi connectivity index (χ4n) is 5.62. The molecule has 0 aliphatic carbocycles. The van der Waals surface area contributed by atoms with Crippen LogP contribution < -0.4 is 10.4 Å². The summed E-state index contributed by atoms with van der Waals surface area (Å²) in [7, 11) is -1.68. The average Bonchev–Trinajstić information content (AvgIpc) is 3.34. The predicted octanol–water partition coefficient (Wildman–Crippen LogP) is 8.40. The van der Waals surface area contributed by atoms with Gasteiger partial charge in [0.15, 0.2) is 0 Å². The molecular weight excluding hydrogens is 405 g/mol. The Morgan fingerprint density at radius 2 is 1.14 bits per heavy atom. The predicted molar refractivity (Wildman–Crippen MR) is 138 cm³/mol. The molecule has 2 unspecified atom stereocenters. The maximum Gasteiger partial charge on any atom is 0.122 e. The highest BCUT2D eigenvalue weighted by molar-refractivity contribution is 7.29. The third kappa shape index (κ3) is 4.77. The number of hydrogen-bond donors (Lipinski definition) is 0. The van der Waals surface area contributed by atoms with Crippen LogP contribution in [0, 0.1) is 25.7 Å². The van der Waals surface area contributed by atoms with E-state index in [1.54, 1.807) is 9.75 Å². The maximum atomic E-state index is 2.63. The van der Waals surface area contributed by atoms with Crippen LogP contribution in [0.5, 0.6) is 0 Å². The van der Waals surface area contributed by atoms with Gasteiger partial charge in [-0.2, -0.15) is 0 Å². The molecule has 0 amide bonds. The van der Waals surface area contributed by atoms with E-state index in [0.717, 1.165) is 11.8 Å². The lowest BCUT2D eigenvalue weighted by atomic mass is 10.0. The van der Waals surface area contributed by atoms with Crippen molar-refractivity contribution in [2.45, 2.75) is 105 Å². The Balaban J connectivity index is 2.06. The molecule has 0 fully saturated rings. The van der Waals surface area contributed by atoms with Crippen LogP contribution >= 0.6 is 22.7 Å². The third-order valence-corrected chi connectivity index (χ3v) is 15.3. The van der Waals surface area contributed by atoms with Gasteiger partial charge in [-0.3, -0.25) is 0 Å². The number of thiophene rings is 2. The second kappa shape index (κ2) is 10.3. The molecule has 0 nitrogen and oxygen atoms in total. The van der Waals surface area contributed by atoms with Gasteiger partial charge in [-0.1, -0.05) is 79.1 Å². The Labute approximate surface area is 189 Å². The van der Waals surface area contributed by atoms with Crippen LogP contribution in [0.2, 0.25) is 12.1 Å². The first-order chi connectivity index (χ1) is 14.0. The van der Waals surface area contributed by atoms with Gasteiger partial charge in [0.25, 0.3) is 0 Å². The third-order valence-electron chi connectivity index (χ3n) is 7.31. The van der Waals surface area contributed by atoms with Gasteiger partial charge in [-0.25, -0.2) is 0 Å². The summed E-state index contributed by atoms with van der Waals surface area (Å²) in [5.74, 6) is 1.81. The topological polar surface area (TPSA) is 0 Å². The van der Waals surface area contributed by atoms with Crippen LogP contribution in [0.3, 0.4) is 0 Å². The van der Waals surface area contributed by atoms with E-state index in [4.69, 9.17) is 0 Å². The van der Waals surface area contributed by atoms with Crippen LogP contribution in [0.4, 0.5) is 0 Å². The van der Waals surface area contributed by atoms with E-state index in [1.807, 2.05) is 10.4 Å². The Hall–Kier alpha value is -0.383. The van der Waals surface area contributed by atoms with Crippen LogP contribution in [0.1, 0.15) is 88.8 Å². The summed E-state index contributed by atoms with van der Waals surface area (Å²) < 4.78 is 0. The molecule has 0 aromatic carbocycles. The second-order valence-corrected chi connectivity index (χ2v) is 16.1. The lowest BCUT2D eigenvalue weighted by Gasteiger charge is -2.35. The van der Waals surface area contributed by atoms with Crippen molar-refractivity contribution in [3.63, 3.8) is 0 Å². The van der Waals surface area contributed by atoms with E-state index < -0.39 is 8.07 Å². The summed E-state index contributed by atoms with van der Waals surface area (Å²) in [5, 5.41) is 3.68. The molecule has 0 bridgehead atoms. The van der Waals surface area contributed by atoms with E-state index in [2.05, 4.69) is 76.3 Å². The summed E-state index contributed by atoms with van der Waals surface area (Å²) in [6, 6.07) is 8.26. The zero-order valence-corrected chi connectivity index (χ0v) is 22.3. The van der Waals surface area contributed by atoms with E-state index in [0.29, 0.717) is 0 Å². The molecule has 3 rings (SSSR count). The van der Waals surface area contributed by atoms with Crippen molar-refractivity contribution in [2.75, 3.05) is 0 Å². The first kappa shape index (κ1) is 23.3. The molecule has 0 saturated carbocycles. The number of hydrogen-bond acceptors (Lipinski definition) is 2. The van der Waals surface area contributed by atoms with Gasteiger partial charge in [0.2, 0.25) is 0 Å². The summed E-state index contributed by atoms with van der Waals surface area (Å²) in [6.07, 6.45) is 11.1. The van der Waals surface area contributed by atoms with Crippen molar-refractivity contribution < 1.29 is 0 Å². The second-order valence-electron chi connectivity index (χ2n) is 9.52. The summed E-state index contributed by atoms with van der Waals surface area (Å²) >= 11 is 4.17. The van der Waals surface area contributed by atoms with E-state index >= 15 is 0 Å². The van der Waals surface area contributed by atoms with Crippen molar-refractivity contribution >= 4 is 41.1 Å². The van der Waals surface area contributed by atoms with Crippen molar-refractivity contribution in [3.05, 3.63) is 21.9 Å². The lowest BCUT2D eigenvalue weighted by molar-refractivity contribution is 0.469. The van der Waals surface area contributed by atoms with Crippen LogP contribution in [0.15, 0.2) is 12.1 Å². The molecule has 1 aliphatic rings. The fourth-order valence-corrected chi connectivity index (χ4v) is 15.9. The van der Waals surface area contributed by atoms with Crippen molar-refractivity contribution in [1.29, 1.82) is 0 Å². The average molecular weight is 447 g/mol. The molecule has 29 heavy (non-hydrogen) atoms. The van der Waals surface area contributed by atoms with Crippen LogP contribution in [-0.2, 0) is 0 Å². The molecule has 2 aromatic heterocycles. The zero-order valence-electron chi connectivity index (χ0n) is 19.7. The first-order valence-electron chi connectivity index (χ1n) is 12.2. The van der Waals surface area contributed by atoms with Gasteiger partial charge in [0, 0.05) is 19.5 Å². The van der Waals surface area contributed by atoms with Crippen molar-refractivity contribution in [1.82, 2.24) is 0 Å². The van der Waals surface area contributed by atoms with Crippen molar-refractivity contribution in [2.24, 2.45) is 11.8 Å². The Bertz CT molecular complexity index is 718. The van der Waals surface area contributed by atoms with Gasteiger partial charge in [-0.05, 0) is 60.3 Å². The van der Waals surface area contributed by atoms with Crippen LogP contribution in [0.25, 0.3) is 9.75 Å². The minimum Gasteiger partial charge on any atom is -0.140 e. The van der Waals surface area contributed by atoms with Crippen LogP contribution in [-0.4, -0.2) is 8.07 Å². The molecule has 1 aliphatic heterocycles. The van der Waals surface area contributed by atoms with Gasteiger partial charge < -0.3 is 0 Å². The lowest BCUT2D eigenvalue weighted by Crippen LogP contribution is -2.56. The summed E-state index contributed by atoms with van der Waals surface area (Å²) in [4.78, 5) is 6.43. The summed E-state index contributed by atoms with van der Waals surface area (Å²) in [6.45, 7) is 14.3. The number of unbranched alkanes of at least 4 members (excludes halogenated alkanes) is 2. The molecule has 2 aromatic rings. The highest BCUT2D eigenvalue weighted by atomic mass is 32.1. The molecule has 162 valence electrons. The van der Waals surface area contributed by atoms with Gasteiger partial charge >= 0.3 is 0 Å². The molecule has 3 heteroatoms.